The molecule has 0 radical (unpaired) electrons. The van der Waals surface area contributed by atoms with Gasteiger partial charge in [0, 0.05) is 47.6 Å². The summed E-state index contributed by atoms with van der Waals surface area (Å²) in [4.78, 5) is 9.59. The molecular weight excluding hydrogens is 674 g/mol. The van der Waals surface area contributed by atoms with E-state index in [4.69, 9.17) is 9.47 Å². The maximum absolute atomic E-state index is 16.2. The molecule has 9 nitrogen and oxygen atoms in total. The zero-order valence-electron chi connectivity index (χ0n) is 27.9. The van der Waals surface area contributed by atoms with E-state index in [0.29, 0.717) is 52.8 Å². The Kier molecular flexibility index (Phi) is 9.78. The fourth-order valence-electron chi connectivity index (χ4n) is 6.90. The first-order valence-electron chi connectivity index (χ1n) is 15.9. The van der Waals surface area contributed by atoms with Gasteiger partial charge in [0.05, 0.1) is 31.8 Å². The number of sulfonamides is 1. The Morgan fingerprint density at radius 3 is 2.46 bits per heavy atom. The summed E-state index contributed by atoms with van der Waals surface area (Å²) in [6, 6.07) is 16.0. The number of hydrogen-bond donors (Lipinski definition) is 0. The molecule has 0 unspecified atom stereocenters. The lowest BCUT2D eigenvalue weighted by atomic mass is 9.77. The number of alkyl halides is 3. The van der Waals surface area contributed by atoms with E-state index in [-0.39, 0.29) is 30.4 Å². The number of anilines is 1. The number of ether oxygens (including phenoxy) is 2. The molecule has 6 rings (SSSR count). The van der Waals surface area contributed by atoms with Crippen molar-refractivity contribution in [2.45, 2.75) is 54.9 Å². The minimum absolute atomic E-state index is 0.0429. The molecule has 0 amide bonds. The molecule has 3 aromatic carbocycles. The van der Waals surface area contributed by atoms with E-state index < -0.39 is 32.5 Å². The third kappa shape index (κ3) is 6.86. The zero-order valence-corrected chi connectivity index (χ0v) is 28.7. The summed E-state index contributed by atoms with van der Waals surface area (Å²) >= 11 is 0. The summed E-state index contributed by atoms with van der Waals surface area (Å²) in [5, 5.41) is 0.521. The molecule has 1 aliphatic carbocycles. The Balaban J connectivity index is 1.34. The molecular formula is C36H37F4N5O4S. The lowest BCUT2D eigenvalue weighted by molar-refractivity contribution is -0.137. The smallest absolute Gasteiger partial charge is 0.416 e. The summed E-state index contributed by atoms with van der Waals surface area (Å²) in [6.07, 6.45) is 1.86. The van der Waals surface area contributed by atoms with Crippen LogP contribution in [0.3, 0.4) is 0 Å². The van der Waals surface area contributed by atoms with Gasteiger partial charge >= 0.3 is 6.18 Å². The van der Waals surface area contributed by atoms with Gasteiger partial charge in [0.1, 0.15) is 34.4 Å². The Morgan fingerprint density at radius 2 is 1.78 bits per heavy atom. The molecule has 0 saturated heterocycles. The van der Waals surface area contributed by atoms with Gasteiger partial charge in [-0.3, -0.25) is 0 Å². The molecule has 2 aromatic heterocycles. The fraction of sp³-hybridized carbons (Fsp3) is 0.333. The number of likely N-dealkylation sites (N-methyl/N-ethyl adjacent to an activating group) is 1. The van der Waals surface area contributed by atoms with Crippen LogP contribution in [-0.4, -0.2) is 62.2 Å². The van der Waals surface area contributed by atoms with E-state index in [9.17, 15) is 21.6 Å². The van der Waals surface area contributed by atoms with Crippen LogP contribution in [0.25, 0.3) is 10.9 Å². The van der Waals surface area contributed by atoms with Crippen LogP contribution in [0.5, 0.6) is 11.5 Å². The van der Waals surface area contributed by atoms with E-state index in [1.54, 1.807) is 30.3 Å². The van der Waals surface area contributed by atoms with E-state index in [1.807, 2.05) is 29.8 Å². The molecule has 1 fully saturated rings. The highest BCUT2D eigenvalue weighted by Gasteiger charge is 2.37. The zero-order chi connectivity index (χ0) is 35.8. The summed E-state index contributed by atoms with van der Waals surface area (Å²) in [5.74, 6) is -0.0829. The normalized spacial score (nSPS) is 18.4. The third-order valence-corrected chi connectivity index (χ3v) is 11.2. The van der Waals surface area contributed by atoms with Gasteiger partial charge in [0.2, 0.25) is 0 Å². The van der Waals surface area contributed by atoms with Gasteiger partial charge in [0.25, 0.3) is 10.0 Å². The molecule has 1 aliphatic rings. The summed E-state index contributed by atoms with van der Waals surface area (Å²) in [6.45, 7) is -0.218. The van der Waals surface area contributed by atoms with Crippen LogP contribution >= 0.6 is 0 Å². The van der Waals surface area contributed by atoms with Crippen LogP contribution in [0.2, 0.25) is 0 Å². The van der Waals surface area contributed by atoms with Crippen LogP contribution in [0.15, 0.2) is 90.3 Å². The number of halogens is 4. The second kappa shape index (κ2) is 13.9. The number of methoxy groups -OCH3 is 2. The van der Waals surface area contributed by atoms with Crippen molar-refractivity contribution in [3.8, 4) is 11.5 Å². The Hall–Kier alpha value is -4.69. The SMILES string of the molecule is COc1ccc(CN(c2ccncn2)S(=O)(=O)c2cc3ccn([C@H]4CC[C@H](c5cccc(C(F)(F)F)c5)C[C@@H]4N(C)C)c3cc2F)c(OC)c1. The monoisotopic (exact) mass is 711 g/mol. The summed E-state index contributed by atoms with van der Waals surface area (Å²) in [7, 11) is 2.28. The number of benzene rings is 3. The third-order valence-electron chi connectivity index (χ3n) is 9.46. The maximum atomic E-state index is 16.2. The number of hydrogen-bond acceptors (Lipinski definition) is 7. The van der Waals surface area contributed by atoms with Crippen molar-refractivity contribution in [3.63, 3.8) is 0 Å². The second-order valence-corrected chi connectivity index (χ2v) is 14.4. The van der Waals surface area contributed by atoms with E-state index in [1.165, 1.54) is 57.1 Å². The predicted octanol–water partition coefficient (Wildman–Crippen LogP) is 7.44. The van der Waals surface area contributed by atoms with Crippen LogP contribution in [-0.2, 0) is 22.7 Å². The molecule has 3 atom stereocenters. The lowest BCUT2D eigenvalue weighted by Crippen LogP contribution is -2.40. The maximum Gasteiger partial charge on any atom is 0.416 e. The lowest BCUT2D eigenvalue weighted by Gasteiger charge is -2.41. The molecule has 1 saturated carbocycles. The van der Waals surface area contributed by atoms with E-state index >= 15 is 4.39 Å². The average molecular weight is 712 g/mol. The molecule has 264 valence electrons. The summed E-state index contributed by atoms with van der Waals surface area (Å²) in [5.41, 5.74) is 0.987. The highest BCUT2D eigenvalue weighted by molar-refractivity contribution is 7.92. The first-order valence-corrected chi connectivity index (χ1v) is 17.4. The first kappa shape index (κ1) is 35.1. The van der Waals surface area contributed by atoms with Crippen LogP contribution in [0.4, 0.5) is 23.4 Å². The quantitative estimate of drug-likeness (QED) is 0.139. The molecule has 0 bridgehead atoms. The van der Waals surface area contributed by atoms with Gasteiger partial charge in [0.15, 0.2) is 0 Å². The van der Waals surface area contributed by atoms with Crippen LogP contribution in [0.1, 0.15) is 47.9 Å². The number of nitrogens with zero attached hydrogens (tertiary/aromatic N) is 5. The largest absolute Gasteiger partial charge is 0.497 e. The van der Waals surface area contributed by atoms with Crippen LogP contribution in [0, 0.1) is 5.82 Å². The molecule has 5 aromatic rings. The Bertz CT molecular complexity index is 2090. The first-order chi connectivity index (χ1) is 23.8. The highest BCUT2D eigenvalue weighted by atomic mass is 32.2. The summed E-state index contributed by atoms with van der Waals surface area (Å²) < 4.78 is 98.9. The van der Waals surface area contributed by atoms with Gasteiger partial charge in [-0.05, 0) is 81.2 Å². The van der Waals surface area contributed by atoms with Crippen molar-refractivity contribution in [2.75, 3.05) is 32.6 Å². The minimum atomic E-state index is -4.52. The van der Waals surface area contributed by atoms with E-state index in [0.717, 1.165) is 10.4 Å². The van der Waals surface area contributed by atoms with Crippen molar-refractivity contribution >= 4 is 26.7 Å². The van der Waals surface area contributed by atoms with Crippen molar-refractivity contribution < 1.29 is 35.5 Å². The van der Waals surface area contributed by atoms with Gasteiger partial charge in [-0.25, -0.2) is 27.1 Å². The van der Waals surface area contributed by atoms with Crippen molar-refractivity contribution in [3.05, 3.63) is 108 Å². The number of aromatic nitrogens is 3. The Morgan fingerprint density at radius 1 is 0.980 bits per heavy atom. The van der Waals surface area contributed by atoms with Crippen molar-refractivity contribution in [1.29, 1.82) is 0 Å². The molecule has 0 spiro atoms. The highest BCUT2D eigenvalue weighted by Crippen LogP contribution is 2.43. The number of fused-ring (bicyclic) bond motifs is 1. The molecule has 0 aliphatic heterocycles. The van der Waals surface area contributed by atoms with Gasteiger partial charge < -0.3 is 18.9 Å². The fourth-order valence-corrected chi connectivity index (χ4v) is 8.38. The molecule has 0 N–H and O–H groups in total. The molecule has 14 heteroatoms. The van der Waals surface area contributed by atoms with E-state index in [2.05, 4.69) is 9.97 Å². The predicted molar refractivity (Wildman–Crippen MR) is 181 cm³/mol. The minimum Gasteiger partial charge on any atom is -0.497 e. The second-order valence-electron chi connectivity index (χ2n) is 12.6. The Labute approximate surface area is 288 Å². The molecule has 50 heavy (non-hydrogen) atoms. The van der Waals surface area contributed by atoms with Gasteiger partial charge in [-0.1, -0.05) is 18.2 Å². The standard InChI is InChI=1S/C36H37F4N5O4S/c1-43(2)32-17-24(23-6-5-7-27(16-23)36(38,39)40)9-11-30(32)44-15-13-25-18-34(29(37)20-31(25)44)50(46,47)45(35-12-14-41-22-42-35)21-26-8-10-28(48-3)19-33(26)49-4/h5-8,10,12-16,18-20,22,24,30,32H,9,11,17,21H2,1-4H3/t24-,30-,32-/m0/s1. The molecule has 2 heterocycles. The van der Waals surface area contributed by atoms with Crippen molar-refractivity contribution in [1.82, 2.24) is 19.4 Å². The van der Waals surface area contributed by atoms with Gasteiger partial charge in [-0.15, -0.1) is 0 Å². The average Bonchev–Trinajstić information content (AvgIpc) is 3.52. The van der Waals surface area contributed by atoms with Crippen LogP contribution < -0.4 is 13.8 Å². The van der Waals surface area contributed by atoms with Crippen molar-refractivity contribution in [2.24, 2.45) is 0 Å². The topological polar surface area (TPSA) is 89.8 Å². The van der Waals surface area contributed by atoms with Gasteiger partial charge in [-0.2, -0.15) is 13.2 Å². The number of rotatable bonds is 10.